The van der Waals surface area contributed by atoms with Gasteiger partial charge in [0.05, 0.1) is 11.4 Å². The molecule has 3 nitrogen and oxygen atoms in total. The van der Waals surface area contributed by atoms with Crippen molar-refractivity contribution in [2.75, 3.05) is 4.90 Å². The van der Waals surface area contributed by atoms with E-state index in [1.165, 1.54) is 21.9 Å². The highest BCUT2D eigenvalue weighted by Crippen LogP contribution is 2.47. The Morgan fingerprint density at radius 1 is 0.340 bits per heavy atom. The van der Waals surface area contributed by atoms with Gasteiger partial charge in [0.15, 0.2) is 5.58 Å². The lowest BCUT2D eigenvalue weighted by Crippen LogP contribution is -2.11. The van der Waals surface area contributed by atoms with E-state index in [4.69, 9.17) is 8.83 Å². The molecule has 0 spiro atoms. The van der Waals surface area contributed by atoms with Gasteiger partial charge in [-0.05, 0) is 64.4 Å². The van der Waals surface area contributed by atoms with E-state index in [2.05, 4.69) is 157 Å². The highest BCUT2D eigenvalue weighted by Gasteiger charge is 2.23. The van der Waals surface area contributed by atoms with Gasteiger partial charge in [-0.1, -0.05) is 121 Å². The number of hydrogen-bond donors (Lipinski definition) is 0. The number of nitrogens with zero attached hydrogens (tertiary/aromatic N) is 1. The molecule has 0 radical (unpaired) electrons. The number of hydrogen-bond acceptors (Lipinski definition) is 3. The molecule has 0 aliphatic rings. The summed E-state index contributed by atoms with van der Waals surface area (Å²) >= 11 is 0. The number of benzene rings is 8. The molecular weight excluding hydrogens is 574 g/mol. The van der Waals surface area contributed by atoms with Crippen LogP contribution >= 0.6 is 0 Å². The third kappa shape index (κ3) is 4.00. The third-order valence-electron chi connectivity index (χ3n) is 9.42. The molecule has 2 aromatic heterocycles. The molecule has 2 heterocycles. The van der Waals surface area contributed by atoms with Crippen LogP contribution in [0, 0.1) is 0 Å². The van der Waals surface area contributed by atoms with Gasteiger partial charge < -0.3 is 13.7 Å². The maximum Gasteiger partial charge on any atom is 0.159 e. The molecule has 0 aliphatic carbocycles. The van der Waals surface area contributed by atoms with Crippen molar-refractivity contribution in [3.63, 3.8) is 0 Å². The molecule has 0 fully saturated rings. The second kappa shape index (κ2) is 10.1. The van der Waals surface area contributed by atoms with Crippen LogP contribution in [-0.2, 0) is 0 Å². The molecule has 8 aromatic carbocycles. The summed E-state index contributed by atoms with van der Waals surface area (Å²) in [6, 6.07) is 57.8. The Balaban J connectivity index is 1.29. The van der Waals surface area contributed by atoms with Crippen molar-refractivity contribution in [2.24, 2.45) is 0 Å². The Hall–Kier alpha value is -6.32. The van der Waals surface area contributed by atoms with Crippen LogP contribution in [0.1, 0.15) is 0 Å². The minimum Gasteiger partial charge on any atom is -0.455 e. The van der Waals surface area contributed by atoms with E-state index in [0.29, 0.717) is 0 Å². The smallest absolute Gasteiger partial charge is 0.159 e. The van der Waals surface area contributed by atoms with Crippen LogP contribution in [0.15, 0.2) is 173 Å². The van der Waals surface area contributed by atoms with Crippen molar-refractivity contribution < 1.29 is 8.83 Å². The largest absolute Gasteiger partial charge is 0.455 e. The Labute approximate surface area is 270 Å². The van der Waals surface area contributed by atoms with Gasteiger partial charge in [-0.25, -0.2) is 0 Å². The summed E-state index contributed by atoms with van der Waals surface area (Å²) in [6.07, 6.45) is 0. The highest BCUT2D eigenvalue weighted by atomic mass is 16.3. The second-order valence-electron chi connectivity index (χ2n) is 12.1. The first-order valence-corrected chi connectivity index (χ1v) is 15.9. The van der Waals surface area contributed by atoms with Gasteiger partial charge in [-0.3, -0.25) is 0 Å². The summed E-state index contributed by atoms with van der Waals surface area (Å²) in [6.45, 7) is 0. The summed E-state index contributed by atoms with van der Waals surface area (Å²) in [5.41, 5.74) is 8.96. The van der Waals surface area contributed by atoms with Crippen molar-refractivity contribution in [2.45, 2.75) is 0 Å². The quantitative estimate of drug-likeness (QED) is 0.201. The third-order valence-corrected chi connectivity index (χ3v) is 9.42. The highest BCUT2D eigenvalue weighted by molar-refractivity contribution is 6.22. The van der Waals surface area contributed by atoms with E-state index < -0.39 is 0 Å². The molecule has 0 amide bonds. The molecule has 10 rings (SSSR count). The molecular formula is C44H27NO2. The van der Waals surface area contributed by atoms with Gasteiger partial charge in [0.1, 0.15) is 16.7 Å². The molecule has 3 heteroatoms. The van der Waals surface area contributed by atoms with Crippen molar-refractivity contribution >= 4 is 82.5 Å². The first-order valence-electron chi connectivity index (χ1n) is 15.9. The minimum atomic E-state index is 0.855. The summed E-state index contributed by atoms with van der Waals surface area (Å²) in [4.78, 5) is 2.35. The summed E-state index contributed by atoms with van der Waals surface area (Å²) in [5.74, 6) is 0. The normalized spacial score (nSPS) is 11.8. The van der Waals surface area contributed by atoms with Crippen LogP contribution in [0.5, 0.6) is 0 Å². The van der Waals surface area contributed by atoms with Crippen LogP contribution in [0.25, 0.3) is 76.5 Å². The van der Waals surface area contributed by atoms with Crippen molar-refractivity contribution in [3.8, 4) is 11.1 Å². The second-order valence-corrected chi connectivity index (χ2v) is 12.1. The first-order chi connectivity index (χ1) is 23.3. The standard InChI is InChI=1S/C44H27NO2/c1-2-11-28(12-3-1)29-21-23-32(24-22-29)45(39-19-10-18-36-34-16-8-9-20-41(34)46-44(36)39)40-27-38-37-25-30-13-4-5-14-31(30)26-42(37)47-43(38)35-17-7-6-15-33(35)40/h1-27H. The lowest BCUT2D eigenvalue weighted by atomic mass is 10.00. The van der Waals surface area contributed by atoms with Gasteiger partial charge in [0.2, 0.25) is 0 Å². The van der Waals surface area contributed by atoms with E-state index in [1.807, 2.05) is 12.1 Å². The molecule has 47 heavy (non-hydrogen) atoms. The van der Waals surface area contributed by atoms with E-state index in [9.17, 15) is 0 Å². The van der Waals surface area contributed by atoms with Gasteiger partial charge in [0.25, 0.3) is 0 Å². The number of furan rings is 2. The van der Waals surface area contributed by atoms with Gasteiger partial charge >= 0.3 is 0 Å². The molecule has 0 bridgehead atoms. The summed E-state index contributed by atoms with van der Waals surface area (Å²) in [7, 11) is 0. The molecule has 0 atom stereocenters. The van der Waals surface area contributed by atoms with Gasteiger partial charge in [-0.2, -0.15) is 0 Å². The van der Waals surface area contributed by atoms with E-state index in [0.717, 1.165) is 71.7 Å². The molecule has 0 saturated carbocycles. The SMILES string of the molecule is c1ccc(-c2ccc(N(c3cc4c5cc6ccccc6cc5oc4c4ccccc34)c3cccc4c3oc3ccccc34)cc2)cc1. The van der Waals surface area contributed by atoms with Crippen LogP contribution in [0.3, 0.4) is 0 Å². The van der Waals surface area contributed by atoms with Crippen LogP contribution in [-0.4, -0.2) is 0 Å². The number of anilines is 3. The van der Waals surface area contributed by atoms with Crippen molar-refractivity contribution in [3.05, 3.63) is 164 Å². The first kappa shape index (κ1) is 26.0. The lowest BCUT2D eigenvalue weighted by Gasteiger charge is -2.27. The van der Waals surface area contributed by atoms with Gasteiger partial charge in [-0.15, -0.1) is 0 Å². The Morgan fingerprint density at radius 3 is 1.79 bits per heavy atom. The van der Waals surface area contributed by atoms with E-state index >= 15 is 0 Å². The Bertz CT molecular complexity index is 2790. The fraction of sp³-hybridized carbons (Fsp3) is 0. The van der Waals surface area contributed by atoms with Crippen LogP contribution < -0.4 is 4.90 Å². The number of fused-ring (bicyclic) bond motifs is 9. The average Bonchev–Trinajstić information content (AvgIpc) is 3.70. The van der Waals surface area contributed by atoms with E-state index in [-0.39, 0.29) is 0 Å². The molecule has 0 saturated heterocycles. The molecule has 10 aromatic rings. The van der Waals surface area contributed by atoms with Crippen LogP contribution in [0.2, 0.25) is 0 Å². The maximum absolute atomic E-state index is 6.66. The van der Waals surface area contributed by atoms with Crippen molar-refractivity contribution in [1.82, 2.24) is 0 Å². The molecule has 0 unspecified atom stereocenters. The predicted octanol–water partition coefficient (Wildman–Crippen LogP) is 12.9. The summed E-state index contributed by atoms with van der Waals surface area (Å²) in [5, 5.41) is 8.92. The molecule has 220 valence electrons. The fourth-order valence-corrected chi connectivity index (χ4v) is 7.20. The summed E-state index contributed by atoms with van der Waals surface area (Å²) < 4.78 is 13.3. The zero-order valence-electron chi connectivity index (χ0n) is 25.4. The zero-order chi connectivity index (χ0) is 30.9. The lowest BCUT2D eigenvalue weighted by molar-refractivity contribution is 0.669. The minimum absolute atomic E-state index is 0.855. The van der Waals surface area contributed by atoms with E-state index in [1.54, 1.807) is 0 Å². The molecule has 0 N–H and O–H groups in total. The van der Waals surface area contributed by atoms with Gasteiger partial charge in [0, 0.05) is 38.0 Å². The Morgan fingerprint density at radius 2 is 0.957 bits per heavy atom. The number of rotatable bonds is 4. The van der Waals surface area contributed by atoms with Crippen molar-refractivity contribution in [1.29, 1.82) is 0 Å². The average molecular weight is 602 g/mol. The maximum atomic E-state index is 6.66. The molecule has 0 aliphatic heterocycles. The fourth-order valence-electron chi connectivity index (χ4n) is 7.20. The zero-order valence-corrected chi connectivity index (χ0v) is 25.4. The predicted molar refractivity (Wildman–Crippen MR) is 196 cm³/mol. The monoisotopic (exact) mass is 601 g/mol. The Kier molecular flexibility index (Phi) is 5.57. The number of para-hydroxylation sites is 2. The van der Waals surface area contributed by atoms with Crippen LogP contribution in [0.4, 0.5) is 17.1 Å². The topological polar surface area (TPSA) is 29.5 Å².